The summed E-state index contributed by atoms with van der Waals surface area (Å²) in [6.07, 6.45) is -1.85. The molecule has 0 aromatic carbocycles. The van der Waals surface area contributed by atoms with Crippen molar-refractivity contribution in [3.63, 3.8) is 0 Å². The largest absolute Gasteiger partial charge is 0.306 e. The van der Waals surface area contributed by atoms with Crippen molar-refractivity contribution < 1.29 is 13.7 Å². The van der Waals surface area contributed by atoms with Crippen molar-refractivity contribution in [3.05, 3.63) is 32.0 Å². The molecule has 0 spiro atoms. The average Bonchev–Trinajstić information content (AvgIpc) is 2.15. The smallest absolute Gasteiger partial charge is 0.258 e. The second-order valence-electron chi connectivity index (χ2n) is 2.52. The standard InChI is InChI=1S/C7H4Br2F2N2O2/c8-1-3-4(7(10)11)2-12-6(9)5(3)13(14)15/h2,7H,1H2. The lowest BCUT2D eigenvalue weighted by Gasteiger charge is -2.07. The molecule has 8 heteroatoms. The van der Waals surface area contributed by atoms with Crippen molar-refractivity contribution in [2.45, 2.75) is 11.8 Å². The Balaban J connectivity index is 3.47. The van der Waals surface area contributed by atoms with E-state index < -0.39 is 22.6 Å². The third-order valence-corrected chi connectivity index (χ3v) is 2.84. The van der Waals surface area contributed by atoms with Gasteiger partial charge in [-0.05, 0) is 15.9 Å². The molecule has 0 aliphatic carbocycles. The monoisotopic (exact) mass is 344 g/mol. The minimum absolute atomic E-state index is 0.0237. The van der Waals surface area contributed by atoms with Crippen LogP contribution in [0.25, 0.3) is 0 Å². The number of rotatable bonds is 3. The first-order chi connectivity index (χ1) is 6.99. The van der Waals surface area contributed by atoms with E-state index in [1.165, 1.54) is 0 Å². The molecule has 0 saturated carbocycles. The minimum Gasteiger partial charge on any atom is -0.258 e. The van der Waals surface area contributed by atoms with Crippen molar-refractivity contribution in [1.29, 1.82) is 0 Å². The lowest BCUT2D eigenvalue weighted by Crippen LogP contribution is -2.02. The summed E-state index contributed by atoms with van der Waals surface area (Å²) in [5.74, 6) is 0. The van der Waals surface area contributed by atoms with E-state index >= 15 is 0 Å². The molecule has 0 fully saturated rings. The maximum Gasteiger partial charge on any atom is 0.306 e. The van der Waals surface area contributed by atoms with E-state index in [1.54, 1.807) is 0 Å². The maximum atomic E-state index is 12.5. The third-order valence-electron chi connectivity index (χ3n) is 1.70. The Kier molecular flexibility index (Phi) is 4.09. The van der Waals surface area contributed by atoms with E-state index in [9.17, 15) is 18.9 Å². The predicted octanol–water partition coefficient (Wildman–Crippen LogP) is 3.58. The summed E-state index contributed by atoms with van der Waals surface area (Å²) in [5, 5.41) is 10.6. The van der Waals surface area contributed by atoms with E-state index in [0.717, 1.165) is 6.20 Å². The van der Waals surface area contributed by atoms with Crippen LogP contribution in [0.2, 0.25) is 0 Å². The fourth-order valence-electron chi connectivity index (χ4n) is 1.04. The number of hydrogen-bond acceptors (Lipinski definition) is 3. The van der Waals surface area contributed by atoms with Gasteiger partial charge in [-0.1, -0.05) is 15.9 Å². The molecule has 0 aliphatic rings. The Morgan fingerprint density at radius 1 is 1.60 bits per heavy atom. The molecule has 0 amide bonds. The van der Waals surface area contributed by atoms with Gasteiger partial charge in [0.25, 0.3) is 6.43 Å². The summed E-state index contributed by atoms with van der Waals surface area (Å²) in [5.41, 5.74) is -0.914. The van der Waals surface area contributed by atoms with E-state index in [0.29, 0.717) is 0 Å². The van der Waals surface area contributed by atoms with Crippen LogP contribution in [0.1, 0.15) is 17.6 Å². The second kappa shape index (κ2) is 4.93. The zero-order chi connectivity index (χ0) is 11.6. The SMILES string of the molecule is O=[N+]([O-])c1c(Br)ncc(C(F)F)c1CBr. The lowest BCUT2D eigenvalue weighted by molar-refractivity contribution is -0.386. The van der Waals surface area contributed by atoms with Gasteiger partial charge in [-0.25, -0.2) is 13.8 Å². The van der Waals surface area contributed by atoms with Crippen LogP contribution in [0.5, 0.6) is 0 Å². The normalized spacial score (nSPS) is 10.7. The maximum absolute atomic E-state index is 12.5. The van der Waals surface area contributed by atoms with Crippen LogP contribution in [-0.2, 0) is 5.33 Å². The summed E-state index contributed by atoms with van der Waals surface area (Å²) in [6.45, 7) is 0. The van der Waals surface area contributed by atoms with Gasteiger partial charge in [0.1, 0.15) is 0 Å². The molecule has 15 heavy (non-hydrogen) atoms. The van der Waals surface area contributed by atoms with Crippen molar-refractivity contribution in [1.82, 2.24) is 4.98 Å². The van der Waals surface area contributed by atoms with Gasteiger partial charge in [0.15, 0.2) is 4.60 Å². The minimum atomic E-state index is -2.78. The fourth-order valence-corrected chi connectivity index (χ4v) is 2.12. The number of alkyl halides is 3. The Morgan fingerprint density at radius 3 is 2.60 bits per heavy atom. The average molecular weight is 346 g/mol. The van der Waals surface area contributed by atoms with E-state index in [1.807, 2.05) is 0 Å². The molecule has 0 saturated heterocycles. The predicted molar refractivity (Wildman–Crippen MR) is 56.2 cm³/mol. The van der Waals surface area contributed by atoms with Crippen molar-refractivity contribution in [3.8, 4) is 0 Å². The zero-order valence-corrected chi connectivity index (χ0v) is 10.3. The number of halogens is 4. The molecule has 1 heterocycles. The van der Waals surface area contributed by atoms with E-state index in [-0.39, 0.29) is 15.5 Å². The molecule has 82 valence electrons. The van der Waals surface area contributed by atoms with Gasteiger partial charge in [0.2, 0.25) is 0 Å². The summed E-state index contributed by atoms with van der Waals surface area (Å²) in [7, 11) is 0. The molecule has 0 atom stereocenters. The van der Waals surface area contributed by atoms with E-state index in [2.05, 4.69) is 36.8 Å². The molecule has 0 bridgehead atoms. The Labute approximate surface area is 100 Å². The topological polar surface area (TPSA) is 56.0 Å². The lowest BCUT2D eigenvalue weighted by atomic mass is 10.1. The molecular weight excluding hydrogens is 342 g/mol. The van der Waals surface area contributed by atoms with Crippen molar-refractivity contribution >= 4 is 37.5 Å². The summed E-state index contributed by atoms with van der Waals surface area (Å²) in [6, 6.07) is 0. The number of pyridine rings is 1. The first kappa shape index (κ1) is 12.4. The molecule has 1 rings (SSSR count). The summed E-state index contributed by atoms with van der Waals surface area (Å²) >= 11 is 5.80. The van der Waals surface area contributed by atoms with E-state index in [4.69, 9.17) is 0 Å². The van der Waals surface area contributed by atoms with Crippen LogP contribution in [0.15, 0.2) is 10.8 Å². The highest BCUT2D eigenvalue weighted by Crippen LogP contribution is 2.35. The third kappa shape index (κ3) is 2.49. The first-order valence-corrected chi connectivity index (χ1v) is 5.56. The highest BCUT2D eigenvalue weighted by molar-refractivity contribution is 9.10. The first-order valence-electron chi connectivity index (χ1n) is 3.64. The second-order valence-corrected chi connectivity index (χ2v) is 3.83. The highest BCUT2D eigenvalue weighted by atomic mass is 79.9. The number of hydrogen-bond donors (Lipinski definition) is 0. The van der Waals surface area contributed by atoms with Crippen LogP contribution in [-0.4, -0.2) is 9.91 Å². The highest BCUT2D eigenvalue weighted by Gasteiger charge is 2.26. The Bertz CT molecular complexity index is 401. The summed E-state index contributed by atoms with van der Waals surface area (Å²) < 4.78 is 24.9. The van der Waals surface area contributed by atoms with Gasteiger partial charge in [0, 0.05) is 17.1 Å². The van der Waals surface area contributed by atoms with Gasteiger partial charge in [-0.2, -0.15) is 0 Å². The van der Waals surface area contributed by atoms with Crippen LogP contribution in [0.4, 0.5) is 14.5 Å². The number of nitrogens with zero attached hydrogens (tertiary/aromatic N) is 2. The molecule has 0 aliphatic heterocycles. The van der Waals surface area contributed by atoms with Gasteiger partial charge < -0.3 is 0 Å². The van der Waals surface area contributed by atoms with Gasteiger partial charge in [-0.3, -0.25) is 10.1 Å². The quantitative estimate of drug-likeness (QED) is 0.364. The molecular formula is C7H4Br2F2N2O2. The van der Waals surface area contributed by atoms with Crippen LogP contribution < -0.4 is 0 Å². The molecule has 1 aromatic rings. The fraction of sp³-hybridized carbons (Fsp3) is 0.286. The molecule has 0 N–H and O–H groups in total. The van der Waals surface area contributed by atoms with Crippen molar-refractivity contribution in [2.24, 2.45) is 0 Å². The number of aromatic nitrogens is 1. The molecule has 4 nitrogen and oxygen atoms in total. The van der Waals surface area contributed by atoms with Gasteiger partial charge >= 0.3 is 5.69 Å². The molecule has 0 unspecified atom stereocenters. The van der Waals surface area contributed by atoms with Crippen LogP contribution in [0, 0.1) is 10.1 Å². The molecule has 1 aromatic heterocycles. The Hall–Kier alpha value is -0.630. The van der Waals surface area contributed by atoms with Crippen molar-refractivity contribution in [2.75, 3.05) is 0 Å². The van der Waals surface area contributed by atoms with Gasteiger partial charge in [-0.15, -0.1) is 0 Å². The van der Waals surface area contributed by atoms with Gasteiger partial charge in [0.05, 0.1) is 10.5 Å². The zero-order valence-electron chi connectivity index (χ0n) is 7.08. The Morgan fingerprint density at radius 2 is 2.20 bits per heavy atom. The van der Waals surface area contributed by atoms with Crippen LogP contribution in [0.3, 0.4) is 0 Å². The summed E-state index contributed by atoms with van der Waals surface area (Å²) in [4.78, 5) is 13.4. The molecule has 0 radical (unpaired) electrons. The van der Waals surface area contributed by atoms with Crippen LogP contribution >= 0.6 is 31.9 Å². The number of nitro groups is 1.